The summed E-state index contributed by atoms with van der Waals surface area (Å²) in [6.07, 6.45) is 1.23. The minimum absolute atomic E-state index is 0.0414. The summed E-state index contributed by atoms with van der Waals surface area (Å²) in [7, 11) is 0. The van der Waals surface area contributed by atoms with Crippen molar-refractivity contribution in [3.8, 4) is 11.5 Å². The molecule has 0 fully saturated rings. The molecule has 4 heteroatoms. The normalized spacial score (nSPS) is 15.1. The van der Waals surface area contributed by atoms with Gasteiger partial charge in [0, 0.05) is 12.5 Å². The molecule has 126 valence electrons. The monoisotopic (exact) mass is 325 g/mol. The molecular formula is C20H23NO3. The molecule has 3 rings (SSSR count). The molecular weight excluding hydrogens is 302 g/mol. The van der Waals surface area contributed by atoms with Crippen LogP contribution >= 0.6 is 0 Å². The third-order valence-corrected chi connectivity index (χ3v) is 4.11. The number of hydrogen-bond acceptors (Lipinski definition) is 3. The zero-order valence-corrected chi connectivity index (χ0v) is 14.1. The number of hydrogen-bond donors (Lipinski definition) is 1. The zero-order valence-electron chi connectivity index (χ0n) is 14.1. The van der Waals surface area contributed by atoms with Crippen molar-refractivity contribution in [1.82, 2.24) is 5.32 Å². The van der Waals surface area contributed by atoms with Crippen LogP contribution in [0.2, 0.25) is 0 Å². The van der Waals surface area contributed by atoms with Crippen molar-refractivity contribution in [3.05, 3.63) is 59.7 Å². The number of carbonyl (C=O) groups is 1. The van der Waals surface area contributed by atoms with Crippen molar-refractivity contribution in [3.63, 3.8) is 0 Å². The first-order valence-electron chi connectivity index (χ1n) is 8.38. The smallest absolute Gasteiger partial charge is 0.260 e. The van der Waals surface area contributed by atoms with Gasteiger partial charge in [0.2, 0.25) is 0 Å². The van der Waals surface area contributed by atoms with Crippen molar-refractivity contribution < 1.29 is 14.3 Å². The summed E-state index contributed by atoms with van der Waals surface area (Å²) in [6.45, 7) is 4.54. The predicted octanol–water partition coefficient (Wildman–Crippen LogP) is 3.14. The number of amides is 1. The maximum Gasteiger partial charge on any atom is 0.260 e. The highest BCUT2D eigenvalue weighted by atomic mass is 16.5. The number of rotatable bonds is 6. The van der Waals surface area contributed by atoms with Crippen molar-refractivity contribution in [2.24, 2.45) is 0 Å². The summed E-state index contributed by atoms with van der Waals surface area (Å²) >= 11 is 0. The molecule has 1 aliphatic rings. The second-order valence-electron chi connectivity index (χ2n) is 6.23. The summed E-state index contributed by atoms with van der Waals surface area (Å²) < 4.78 is 11.2. The summed E-state index contributed by atoms with van der Waals surface area (Å²) in [6, 6.07) is 15.7. The van der Waals surface area contributed by atoms with Crippen LogP contribution < -0.4 is 14.8 Å². The number of fused-ring (bicyclic) bond motifs is 1. The molecule has 2 atom stereocenters. The van der Waals surface area contributed by atoms with E-state index in [9.17, 15) is 4.79 Å². The van der Waals surface area contributed by atoms with Crippen LogP contribution in [0.25, 0.3) is 0 Å². The molecule has 1 heterocycles. The Morgan fingerprint density at radius 3 is 2.79 bits per heavy atom. The summed E-state index contributed by atoms with van der Waals surface area (Å²) in [4.78, 5) is 12.3. The minimum atomic E-state index is -0.525. The van der Waals surface area contributed by atoms with Crippen LogP contribution in [0, 0.1) is 0 Å². The first kappa shape index (κ1) is 16.4. The van der Waals surface area contributed by atoms with Gasteiger partial charge in [-0.1, -0.05) is 30.3 Å². The first-order chi connectivity index (χ1) is 11.6. The molecule has 0 radical (unpaired) electrons. The highest BCUT2D eigenvalue weighted by Gasteiger charge is 2.18. The maximum atomic E-state index is 12.3. The van der Waals surface area contributed by atoms with Gasteiger partial charge in [0.25, 0.3) is 5.91 Å². The van der Waals surface area contributed by atoms with E-state index in [0.29, 0.717) is 5.75 Å². The Kier molecular flexibility index (Phi) is 5.04. The Hall–Kier alpha value is -2.49. The van der Waals surface area contributed by atoms with E-state index in [1.807, 2.05) is 43.3 Å². The topological polar surface area (TPSA) is 47.6 Å². The van der Waals surface area contributed by atoms with E-state index in [4.69, 9.17) is 9.47 Å². The van der Waals surface area contributed by atoms with Gasteiger partial charge in [-0.15, -0.1) is 0 Å². The number of benzene rings is 2. The van der Waals surface area contributed by atoms with Crippen LogP contribution in [-0.2, 0) is 17.6 Å². The van der Waals surface area contributed by atoms with Gasteiger partial charge in [-0.2, -0.15) is 0 Å². The highest BCUT2D eigenvalue weighted by Crippen LogP contribution is 2.26. The number of ether oxygens (including phenoxy) is 2. The minimum Gasteiger partial charge on any atom is -0.493 e. The van der Waals surface area contributed by atoms with Crippen molar-refractivity contribution in [1.29, 1.82) is 0 Å². The van der Waals surface area contributed by atoms with Gasteiger partial charge < -0.3 is 14.8 Å². The fourth-order valence-electron chi connectivity index (χ4n) is 2.89. The Bertz CT molecular complexity index is 699. The van der Waals surface area contributed by atoms with Crippen LogP contribution in [0.3, 0.4) is 0 Å². The van der Waals surface area contributed by atoms with Crippen LogP contribution in [-0.4, -0.2) is 24.7 Å². The third-order valence-electron chi connectivity index (χ3n) is 4.11. The van der Waals surface area contributed by atoms with Gasteiger partial charge in [-0.3, -0.25) is 4.79 Å². The molecule has 2 unspecified atom stereocenters. The van der Waals surface area contributed by atoms with E-state index in [2.05, 4.69) is 17.4 Å². The average Bonchev–Trinajstić information content (AvgIpc) is 3.03. The first-order valence-corrected chi connectivity index (χ1v) is 8.38. The van der Waals surface area contributed by atoms with Crippen LogP contribution in [0.5, 0.6) is 11.5 Å². The number of carbonyl (C=O) groups excluding carboxylic acids is 1. The van der Waals surface area contributed by atoms with E-state index in [-0.39, 0.29) is 11.9 Å². The quantitative estimate of drug-likeness (QED) is 0.887. The fraction of sp³-hybridized carbons (Fsp3) is 0.350. The molecule has 24 heavy (non-hydrogen) atoms. The molecule has 4 nitrogen and oxygen atoms in total. The predicted molar refractivity (Wildman–Crippen MR) is 93.5 cm³/mol. The van der Waals surface area contributed by atoms with Gasteiger partial charge in [0.1, 0.15) is 11.5 Å². The van der Waals surface area contributed by atoms with E-state index < -0.39 is 6.10 Å². The van der Waals surface area contributed by atoms with Gasteiger partial charge in [0.05, 0.1) is 6.61 Å². The van der Waals surface area contributed by atoms with Crippen molar-refractivity contribution in [2.45, 2.75) is 38.8 Å². The standard InChI is InChI=1S/C20H23NO3/c1-14(12-16-8-9-19-17(13-16)10-11-23-19)21-20(22)15(2)24-18-6-4-3-5-7-18/h3-9,13-15H,10-12H2,1-2H3,(H,21,22). The lowest BCUT2D eigenvalue weighted by Crippen LogP contribution is -2.42. The van der Waals surface area contributed by atoms with Gasteiger partial charge in [0.15, 0.2) is 6.10 Å². The molecule has 0 bridgehead atoms. The van der Waals surface area contributed by atoms with Crippen LogP contribution in [0.1, 0.15) is 25.0 Å². The molecule has 1 aliphatic heterocycles. The van der Waals surface area contributed by atoms with Crippen LogP contribution in [0.15, 0.2) is 48.5 Å². The third kappa shape index (κ3) is 4.07. The summed E-state index contributed by atoms with van der Waals surface area (Å²) in [5.41, 5.74) is 2.47. The van der Waals surface area contributed by atoms with Gasteiger partial charge >= 0.3 is 0 Å². The maximum absolute atomic E-state index is 12.3. The second-order valence-corrected chi connectivity index (χ2v) is 6.23. The van der Waals surface area contributed by atoms with E-state index in [1.165, 1.54) is 11.1 Å². The molecule has 0 spiro atoms. The Balaban J connectivity index is 1.52. The fourth-order valence-corrected chi connectivity index (χ4v) is 2.89. The largest absolute Gasteiger partial charge is 0.493 e. The van der Waals surface area contributed by atoms with E-state index >= 15 is 0 Å². The molecule has 2 aromatic carbocycles. The zero-order chi connectivity index (χ0) is 16.9. The lowest BCUT2D eigenvalue weighted by atomic mass is 10.0. The molecule has 0 aromatic heterocycles. The molecule has 1 N–H and O–H groups in total. The molecule has 0 saturated heterocycles. The van der Waals surface area contributed by atoms with Crippen molar-refractivity contribution >= 4 is 5.91 Å². The van der Waals surface area contributed by atoms with Gasteiger partial charge in [-0.05, 0) is 49.6 Å². The summed E-state index contributed by atoms with van der Waals surface area (Å²) in [5.74, 6) is 1.59. The molecule has 0 aliphatic carbocycles. The number of nitrogens with one attached hydrogen (secondary N) is 1. The highest BCUT2D eigenvalue weighted by molar-refractivity contribution is 5.81. The lowest BCUT2D eigenvalue weighted by Gasteiger charge is -2.19. The summed E-state index contributed by atoms with van der Waals surface area (Å²) in [5, 5.41) is 3.02. The Morgan fingerprint density at radius 2 is 2.00 bits per heavy atom. The van der Waals surface area contributed by atoms with E-state index in [0.717, 1.165) is 25.2 Å². The number of para-hydroxylation sites is 1. The average molecular weight is 325 g/mol. The Labute approximate surface area is 142 Å². The van der Waals surface area contributed by atoms with Gasteiger partial charge in [-0.25, -0.2) is 0 Å². The second kappa shape index (κ2) is 7.39. The van der Waals surface area contributed by atoms with E-state index in [1.54, 1.807) is 6.92 Å². The molecule has 1 amide bonds. The van der Waals surface area contributed by atoms with Crippen molar-refractivity contribution in [2.75, 3.05) is 6.61 Å². The molecule has 0 saturated carbocycles. The Morgan fingerprint density at radius 1 is 1.21 bits per heavy atom. The lowest BCUT2D eigenvalue weighted by molar-refractivity contribution is -0.127. The SMILES string of the molecule is CC(Cc1ccc2c(c1)CCO2)NC(=O)C(C)Oc1ccccc1. The van der Waals surface area contributed by atoms with Crippen LogP contribution in [0.4, 0.5) is 0 Å². The molecule has 2 aromatic rings.